The van der Waals surface area contributed by atoms with E-state index in [2.05, 4.69) is 34.4 Å². The van der Waals surface area contributed by atoms with E-state index in [1.807, 2.05) is 18.3 Å². The third-order valence-corrected chi connectivity index (χ3v) is 4.82. The lowest BCUT2D eigenvalue weighted by Gasteiger charge is -2.31. The molecular weight excluding hydrogens is 461 g/mol. The zero-order valence-corrected chi connectivity index (χ0v) is 19.1. The van der Waals surface area contributed by atoms with Gasteiger partial charge in [-0.05, 0) is 69.8 Å². The number of aromatic nitrogens is 1. The molecule has 1 fully saturated rings. The molecule has 148 valence electrons. The van der Waals surface area contributed by atoms with Crippen LogP contribution in [0.1, 0.15) is 38.7 Å². The predicted octanol–water partition coefficient (Wildman–Crippen LogP) is 3.57. The van der Waals surface area contributed by atoms with Gasteiger partial charge in [0.25, 0.3) is 0 Å². The molecule has 0 bridgehead atoms. The van der Waals surface area contributed by atoms with Crippen LogP contribution in [-0.2, 0) is 6.42 Å². The Hall–Kier alpha value is -0.600. The van der Waals surface area contributed by atoms with Gasteiger partial charge in [-0.25, -0.2) is 4.98 Å². The second kappa shape index (κ2) is 13.6. The summed E-state index contributed by atoms with van der Waals surface area (Å²) in [4.78, 5) is 11.5. The zero-order chi connectivity index (χ0) is 17.9. The molecule has 7 heteroatoms. The second-order valence-electron chi connectivity index (χ2n) is 6.67. The number of hydrogen-bond acceptors (Lipinski definition) is 3. The van der Waals surface area contributed by atoms with Gasteiger partial charge in [0.2, 0.25) is 0 Å². The Kier molecular flexibility index (Phi) is 12.2. The Bertz CT molecular complexity index is 515. The number of nitrogens with zero attached hydrogens (tertiary/aromatic N) is 3. The van der Waals surface area contributed by atoms with Crippen LogP contribution in [0.25, 0.3) is 0 Å². The van der Waals surface area contributed by atoms with Gasteiger partial charge >= 0.3 is 0 Å². The topological polar surface area (TPSA) is 52.5 Å². The number of pyridine rings is 1. The fraction of sp³-hybridized carbons (Fsp3) is 0.684. The molecule has 1 aromatic rings. The Balaban J connectivity index is 0.00000338. The van der Waals surface area contributed by atoms with Crippen molar-refractivity contribution in [2.24, 2.45) is 10.9 Å². The molecule has 0 aromatic carbocycles. The van der Waals surface area contributed by atoms with Crippen LogP contribution in [0, 0.1) is 5.92 Å². The first-order valence-electron chi connectivity index (χ1n) is 9.56. The second-order valence-corrected chi connectivity index (χ2v) is 7.06. The first-order valence-corrected chi connectivity index (χ1v) is 9.94. The fourth-order valence-corrected chi connectivity index (χ4v) is 3.26. The van der Waals surface area contributed by atoms with Gasteiger partial charge in [0, 0.05) is 25.8 Å². The average Bonchev–Trinajstić information content (AvgIpc) is 2.63. The van der Waals surface area contributed by atoms with Crippen LogP contribution < -0.4 is 10.6 Å². The van der Waals surface area contributed by atoms with Gasteiger partial charge in [0.15, 0.2) is 5.96 Å². The van der Waals surface area contributed by atoms with Crippen molar-refractivity contribution in [1.29, 1.82) is 0 Å². The normalized spacial score (nSPS) is 16.2. The van der Waals surface area contributed by atoms with Crippen LogP contribution in [-0.4, -0.2) is 55.1 Å². The number of aliphatic imine (C=N–C) groups is 1. The van der Waals surface area contributed by atoms with E-state index in [0.717, 1.165) is 32.0 Å². The largest absolute Gasteiger partial charge is 0.357 e. The van der Waals surface area contributed by atoms with E-state index in [1.54, 1.807) is 0 Å². The van der Waals surface area contributed by atoms with Gasteiger partial charge in [-0.15, -0.1) is 24.0 Å². The van der Waals surface area contributed by atoms with Gasteiger partial charge in [-0.2, -0.15) is 0 Å². The van der Waals surface area contributed by atoms with Gasteiger partial charge < -0.3 is 15.5 Å². The molecule has 26 heavy (non-hydrogen) atoms. The summed E-state index contributed by atoms with van der Waals surface area (Å²) in [6.07, 6.45) is 6.52. The maximum atomic E-state index is 5.82. The molecular formula is C19H33ClIN5. The molecule has 0 amide bonds. The highest BCUT2D eigenvalue weighted by molar-refractivity contribution is 14.0. The van der Waals surface area contributed by atoms with Crippen molar-refractivity contribution >= 4 is 41.5 Å². The summed E-state index contributed by atoms with van der Waals surface area (Å²) in [5.74, 6) is 1.63. The maximum absolute atomic E-state index is 5.82. The predicted molar refractivity (Wildman–Crippen MR) is 122 cm³/mol. The first-order chi connectivity index (χ1) is 12.2. The molecule has 0 aliphatic carbocycles. The third kappa shape index (κ3) is 8.86. The van der Waals surface area contributed by atoms with Crippen LogP contribution in [0.15, 0.2) is 23.3 Å². The minimum Gasteiger partial charge on any atom is -0.357 e. The van der Waals surface area contributed by atoms with Crippen LogP contribution in [0.2, 0.25) is 5.15 Å². The van der Waals surface area contributed by atoms with E-state index in [9.17, 15) is 0 Å². The molecule has 2 heterocycles. The molecule has 1 aliphatic heterocycles. The molecule has 0 unspecified atom stereocenters. The van der Waals surface area contributed by atoms with Gasteiger partial charge in [-0.1, -0.05) is 24.6 Å². The molecule has 1 saturated heterocycles. The summed E-state index contributed by atoms with van der Waals surface area (Å²) < 4.78 is 0. The van der Waals surface area contributed by atoms with Crippen LogP contribution >= 0.6 is 35.6 Å². The van der Waals surface area contributed by atoms with Crippen molar-refractivity contribution in [2.75, 3.05) is 39.3 Å². The van der Waals surface area contributed by atoms with Crippen molar-refractivity contribution in [3.8, 4) is 0 Å². The van der Waals surface area contributed by atoms with Gasteiger partial charge in [0.05, 0.1) is 0 Å². The molecule has 1 aromatic heterocycles. The van der Waals surface area contributed by atoms with Gasteiger partial charge in [0.1, 0.15) is 5.15 Å². The Morgan fingerprint density at radius 3 is 2.65 bits per heavy atom. The number of halogens is 2. The van der Waals surface area contributed by atoms with E-state index >= 15 is 0 Å². The van der Waals surface area contributed by atoms with E-state index in [1.165, 1.54) is 44.5 Å². The van der Waals surface area contributed by atoms with Crippen LogP contribution in [0.3, 0.4) is 0 Å². The fourth-order valence-electron chi connectivity index (χ4n) is 3.15. The van der Waals surface area contributed by atoms with E-state index in [4.69, 9.17) is 16.6 Å². The third-order valence-electron chi connectivity index (χ3n) is 4.59. The average molecular weight is 494 g/mol. The summed E-state index contributed by atoms with van der Waals surface area (Å²) in [5.41, 5.74) is 1.18. The molecule has 5 nitrogen and oxygen atoms in total. The summed E-state index contributed by atoms with van der Waals surface area (Å²) in [5, 5.41) is 7.30. The van der Waals surface area contributed by atoms with Crippen molar-refractivity contribution in [2.45, 2.75) is 39.5 Å². The number of rotatable bonds is 8. The minimum atomic E-state index is 0. The lowest BCUT2D eigenvalue weighted by atomic mass is 9.97. The quantitative estimate of drug-likeness (QED) is 0.252. The van der Waals surface area contributed by atoms with E-state index < -0.39 is 0 Å². The standard InChI is InChI=1S/C19H32ClN5.HI/c1-3-11-25-12-8-17(9-13-25)15-24-19(21-4-2)22-10-7-16-5-6-18(20)23-14-16;/h5-6,14,17H,3-4,7-13,15H2,1-2H3,(H2,21,22,24);1H. The lowest BCUT2D eigenvalue weighted by molar-refractivity contribution is 0.188. The Morgan fingerprint density at radius 1 is 1.27 bits per heavy atom. The number of hydrogen-bond donors (Lipinski definition) is 2. The minimum absolute atomic E-state index is 0. The van der Waals surface area contributed by atoms with Crippen LogP contribution in [0.5, 0.6) is 0 Å². The summed E-state index contributed by atoms with van der Waals surface area (Å²) in [7, 11) is 0. The monoisotopic (exact) mass is 493 g/mol. The molecule has 2 N–H and O–H groups in total. The Morgan fingerprint density at radius 2 is 2.04 bits per heavy atom. The smallest absolute Gasteiger partial charge is 0.191 e. The number of piperidine rings is 1. The van der Waals surface area contributed by atoms with Crippen molar-refractivity contribution < 1.29 is 0 Å². The lowest BCUT2D eigenvalue weighted by Crippen LogP contribution is -2.39. The van der Waals surface area contributed by atoms with E-state index in [0.29, 0.717) is 11.1 Å². The number of likely N-dealkylation sites (tertiary alicyclic amines) is 1. The van der Waals surface area contributed by atoms with Gasteiger partial charge in [-0.3, -0.25) is 4.99 Å². The van der Waals surface area contributed by atoms with Crippen LogP contribution in [0.4, 0.5) is 0 Å². The molecule has 0 radical (unpaired) electrons. The SMILES string of the molecule is CCCN1CCC(CN=C(NCC)NCCc2ccc(Cl)nc2)CC1.I. The first kappa shape index (κ1) is 23.4. The molecule has 0 saturated carbocycles. The highest BCUT2D eigenvalue weighted by Gasteiger charge is 2.18. The summed E-state index contributed by atoms with van der Waals surface area (Å²) in [6, 6.07) is 3.85. The van der Waals surface area contributed by atoms with Crippen molar-refractivity contribution in [3.63, 3.8) is 0 Å². The molecule has 1 aliphatic rings. The summed E-state index contributed by atoms with van der Waals surface area (Å²) in [6.45, 7) is 10.7. The Labute approximate surface area is 180 Å². The molecule has 0 spiro atoms. The summed E-state index contributed by atoms with van der Waals surface area (Å²) >= 11 is 5.82. The molecule has 0 atom stereocenters. The highest BCUT2D eigenvalue weighted by atomic mass is 127. The van der Waals surface area contributed by atoms with E-state index in [-0.39, 0.29) is 24.0 Å². The highest BCUT2D eigenvalue weighted by Crippen LogP contribution is 2.17. The zero-order valence-electron chi connectivity index (χ0n) is 16.0. The van der Waals surface area contributed by atoms with Crippen molar-refractivity contribution in [3.05, 3.63) is 29.0 Å². The maximum Gasteiger partial charge on any atom is 0.191 e. The molecule has 2 rings (SSSR count). The number of guanidine groups is 1. The van der Waals surface area contributed by atoms with Crippen molar-refractivity contribution in [1.82, 2.24) is 20.5 Å². The number of nitrogens with one attached hydrogen (secondary N) is 2.